The number of fused-ring (bicyclic) bond motifs is 2. The zero-order chi connectivity index (χ0) is 24.7. The van der Waals surface area contributed by atoms with Crippen molar-refractivity contribution in [2.75, 3.05) is 20.8 Å². The first kappa shape index (κ1) is 23.0. The fourth-order valence-electron chi connectivity index (χ4n) is 4.64. The average molecular weight is 490 g/mol. The molecule has 4 aromatic rings. The molecule has 0 fully saturated rings. The fraction of sp³-hybridized carbons (Fsp3) is 0.214. The van der Waals surface area contributed by atoms with Crippen LogP contribution < -0.4 is 14.9 Å². The molecule has 0 saturated heterocycles. The summed E-state index contributed by atoms with van der Waals surface area (Å²) in [4.78, 5) is 29.0. The van der Waals surface area contributed by atoms with Crippen molar-refractivity contribution in [3.63, 3.8) is 0 Å². The van der Waals surface area contributed by atoms with Crippen molar-refractivity contribution in [3.8, 4) is 11.5 Å². The van der Waals surface area contributed by atoms with Crippen molar-refractivity contribution < 1.29 is 18.7 Å². The van der Waals surface area contributed by atoms with E-state index >= 15 is 0 Å². The van der Waals surface area contributed by atoms with E-state index in [1.165, 1.54) is 0 Å². The number of methoxy groups -OCH3 is 2. The number of carbonyl (C=O) groups is 1. The van der Waals surface area contributed by atoms with Gasteiger partial charge in [0.15, 0.2) is 16.9 Å². The molecule has 1 aliphatic heterocycles. The monoisotopic (exact) mass is 489 g/mol. The van der Waals surface area contributed by atoms with Gasteiger partial charge >= 0.3 is 0 Å². The van der Waals surface area contributed by atoms with Gasteiger partial charge in [0.05, 0.1) is 31.2 Å². The molecule has 5 rings (SSSR count). The molecule has 7 heteroatoms. The van der Waals surface area contributed by atoms with E-state index in [4.69, 9.17) is 25.5 Å². The van der Waals surface area contributed by atoms with Gasteiger partial charge in [-0.15, -0.1) is 0 Å². The van der Waals surface area contributed by atoms with Gasteiger partial charge in [0.25, 0.3) is 5.91 Å². The smallest absolute Gasteiger partial charge is 0.290 e. The Balaban J connectivity index is 1.59. The summed E-state index contributed by atoms with van der Waals surface area (Å²) in [6, 6.07) is 18.0. The molecule has 35 heavy (non-hydrogen) atoms. The lowest BCUT2D eigenvalue weighted by molar-refractivity contribution is 0.0730. The van der Waals surface area contributed by atoms with E-state index in [1.807, 2.05) is 55.5 Å². The number of halogens is 1. The predicted molar refractivity (Wildman–Crippen MR) is 135 cm³/mol. The Bertz CT molecular complexity index is 1500. The standard InChI is InChI=1S/C28H24ClNO5/c1-16-13-22-19(15-20(16)29)26(31)24-25(18-7-5-4-6-8-18)30(28(32)27(24)35-22)12-11-17-9-10-21(33-2)23(14-17)34-3/h4-10,13-15,25H,11-12H2,1-3H3/t25-/m0/s1. The van der Waals surface area contributed by atoms with Gasteiger partial charge in [-0.05, 0) is 54.3 Å². The normalized spacial score (nSPS) is 14.9. The Morgan fingerprint density at radius 1 is 0.971 bits per heavy atom. The number of hydrogen-bond acceptors (Lipinski definition) is 5. The summed E-state index contributed by atoms with van der Waals surface area (Å²) < 4.78 is 16.8. The Morgan fingerprint density at radius 3 is 2.43 bits per heavy atom. The molecule has 178 valence electrons. The van der Waals surface area contributed by atoms with Gasteiger partial charge in [-0.1, -0.05) is 48.0 Å². The number of aryl methyl sites for hydroxylation is 1. The van der Waals surface area contributed by atoms with Crippen LogP contribution in [0.5, 0.6) is 11.5 Å². The SMILES string of the molecule is COc1ccc(CCN2C(=O)c3oc4cc(C)c(Cl)cc4c(=O)c3[C@@H]2c2ccccc2)cc1OC. The van der Waals surface area contributed by atoms with Crippen molar-refractivity contribution in [2.24, 2.45) is 0 Å². The van der Waals surface area contributed by atoms with E-state index in [0.29, 0.717) is 46.0 Å². The molecule has 0 spiro atoms. The van der Waals surface area contributed by atoms with E-state index in [2.05, 4.69) is 0 Å². The molecule has 0 radical (unpaired) electrons. The highest BCUT2D eigenvalue weighted by Gasteiger charge is 2.42. The second-order valence-electron chi connectivity index (χ2n) is 8.52. The van der Waals surface area contributed by atoms with Crippen LogP contribution in [0.3, 0.4) is 0 Å². The first-order valence-corrected chi connectivity index (χ1v) is 11.6. The van der Waals surface area contributed by atoms with E-state index in [1.54, 1.807) is 31.3 Å². The van der Waals surface area contributed by atoms with Gasteiger partial charge in [-0.25, -0.2) is 0 Å². The fourth-order valence-corrected chi connectivity index (χ4v) is 4.80. The van der Waals surface area contributed by atoms with Crippen LogP contribution in [-0.4, -0.2) is 31.6 Å². The predicted octanol–water partition coefficient (Wildman–Crippen LogP) is 5.56. The molecule has 1 aliphatic rings. The molecule has 1 amide bonds. The number of nitrogens with zero attached hydrogens (tertiary/aromatic N) is 1. The largest absolute Gasteiger partial charge is 0.493 e. The number of benzene rings is 3. The maximum absolute atomic E-state index is 13.7. The maximum Gasteiger partial charge on any atom is 0.290 e. The summed E-state index contributed by atoms with van der Waals surface area (Å²) in [5.41, 5.74) is 3.07. The summed E-state index contributed by atoms with van der Waals surface area (Å²) in [6.07, 6.45) is 0.558. The van der Waals surface area contributed by atoms with Crippen LogP contribution in [0, 0.1) is 6.92 Å². The minimum atomic E-state index is -0.556. The molecule has 0 aliphatic carbocycles. The van der Waals surface area contributed by atoms with E-state index in [9.17, 15) is 9.59 Å². The lowest BCUT2D eigenvalue weighted by atomic mass is 9.98. The lowest BCUT2D eigenvalue weighted by Gasteiger charge is -2.25. The van der Waals surface area contributed by atoms with Crippen LogP contribution in [0.4, 0.5) is 0 Å². The zero-order valence-corrected chi connectivity index (χ0v) is 20.4. The molecule has 2 heterocycles. The third-order valence-electron chi connectivity index (χ3n) is 6.45. The average Bonchev–Trinajstić information content (AvgIpc) is 3.16. The maximum atomic E-state index is 13.7. The van der Waals surface area contributed by atoms with Crippen LogP contribution in [0.15, 0.2) is 69.9 Å². The summed E-state index contributed by atoms with van der Waals surface area (Å²) >= 11 is 6.31. The highest BCUT2D eigenvalue weighted by molar-refractivity contribution is 6.32. The number of hydrogen-bond donors (Lipinski definition) is 0. The number of rotatable bonds is 6. The Labute approximate surface area is 207 Å². The van der Waals surface area contributed by atoms with Gasteiger partial charge in [0.1, 0.15) is 5.58 Å². The van der Waals surface area contributed by atoms with E-state index in [-0.39, 0.29) is 17.1 Å². The van der Waals surface area contributed by atoms with Crippen molar-refractivity contribution in [2.45, 2.75) is 19.4 Å². The minimum absolute atomic E-state index is 0.0883. The molecular formula is C28H24ClNO5. The van der Waals surface area contributed by atoms with Gasteiger partial charge in [0.2, 0.25) is 5.76 Å². The molecule has 1 atom stereocenters. The van der Waals surface area contributed by atoms with Crippen LogP contribution in [-0.2, 0) is 6.42 Å². The quantitative estimate of drug-likeness (QED) is 0.354. The van der Waals surface area contributed by atoms with Crippen molar-refractivity contribution in [1.82, 2.24) is 4.90 Å². The van der Waals surface area contributed by atoms with Gasteiger partial charge in [-0.3, -0.25) is 9.59 Å². The highest BCUT2D eigenvalue weighted by atomic mass is 35.5. The Kier molecular flexibility index (Phi) is 5.99. The number of ether oxygens (including phenoxy) is 2. The summed E-state index contributed by atoms with van der Waals surface area (Å²) in [6.45, 7) is 2.21. The molecule has 3 aromatic carbocycles. The topological polar surface area (TPSA) is 69.0 Å². The molecule has 0 bridgehead atoms. The molecule has 0 saturated carbocycles. The summed E-state index contributed by atoms with van der Waals surface area (Å²) in [5.74, 6) is 1.04. The van der Waals surface area contributed by atoms with Crippen LogP contribution >= 0.6 is 11.6 Å². The Morgan fingerprint density at radius 2 is 1.71 bits per heavy atom. The molecular weight excluding hydrogens is 466 g/mol. The summed E-state index contributed by atoms with van der Waals surface area (Å²) in [7, 11) is 3.17. The van der Waals surface area contributed by atoms with E-state index in [0.717, 1.165) is 16.7 Å². The second kappa shape index (κ2) is 9.12. The molecule has 6 nitrogen and oxygen atoms in total. The van der Waals surface area contributed by atoms with Crippen LogP contribution in [0.25, 0.3) is 11.0 Å². The second-order valence-corrected chi connectivity index (χ2v) is 8.93. The molecule has 0 unspecified atom stereocenters. The molecule has 0 N–H and O–H groups in total. The van der Waals surface area contributed by atoms with Gasteiger partial charge in [-0.2, -0.15) is 0 Å². The molecule has 1 aromatic heterocycles. The Hall–Kier alpha value is -3.77. The van der Waals surface area contributed by atoms with E-state index < -0.39 is 6.04 Å². The lowest BCUT2D eigenvalue weighted by Crippen LogP contribution is -2.31. The highest BCUT2D eigenvalue weighted by Crippen LogP contribution is 2.39. The first-order chi connectivity index (χ1) is 16.9. The third-order valence-corrected chi connectivity index (χ3v) is 6.86. The number of carbonyl (C=O) groups excluding carboxylic acids is 1. The first-order valence-electron chi connectivity index (χ1n) is 11.3. The number of amides is 1. The van der Waals surface area contributed by atoms with Crippen LogP contribution in [0.1, 0.15) is 38.9 Å². The zero-order valence-electron chi connectivity index (χ0n) is 19.6. The minimum Gasteiger partial charge on any atom is -0.493 e. The van der Waals surface area contributed by atoms with Crippen LogP contribution in [0.2, 0.25) is 5.02 Å². The van der Waals surface area contributed by atoms with Crippen molar-refractivity contribution in [3.05, 3.63) is 104 Å². The summed E-state index contributed by atoms with van der Waals surface area (Å²) in [5, 5.41) is 0.852. The van der Waals surface area contributed by atoms with Gasteiger partial charge < -0.3 is 18.8 Å². The van der Waals surface area contributed by atoms with Gasteiger partial charge in [0, 0.05) is 11.6 Å². The third kappa shape index (κ3) is 3.94. The van der Waals surface area contributed by atoms with Crippen molar-refractivity contribution >= 4 is 28.5 Å². The van der Waals surface area contributed by atoms with Crippen molar-refractivity contribution in [1.29, 1.82) is 0 Å².